The van der Waals surface area contributed by atoms with Crippen LogP contribution in [0.5, 0.6) is 17.2 Å². The van der Waals surface area contributed by atoms with Gasteiger partial charge in [-0.05, 0) is 48.6 Å². The van der Waals surface area contributed by atoms with Crippen molar-refractivity contribution in [1.82, 2.24) is 10.6 Å². The Morgan fingerprint density at radius 3 is 2.06 bits per heavy atom. The van der Waals surface area contributed by atoms with E-state index in [1.807, 2.05) is 60.7 Å². The molecule has 168 valence electrons. The third kappa shape index (κ3) is 9.57. The van der Waals surface area contributed by atoms with E-state index in [0.717, 1.165) is 30.2 Å². The Hall–Kier alpha value is -3.45. The standard InChI is InChI=1S/C12H10O.C8H9NO2.C5H9NOS/c1-3-7-11(8-4-1)13-12-9-5-2-6-10-12;1-9-8(11)6-4-2-3-5-7(6)10;7-5-4-8-3-1-2-6-5/h1-10H;2-5,10H,1H3,(H,9,11);1-4H2,(H,6,7). The maximum Gasteiger partial charge on any atom is 0.254 e. The number of carbonyl (C=O) groups excluding carboxylic acids is 2. The van der Waals surface area contributed by atoms with Crippen molar-refractivity contribution in [3.63, 3.8) is 0 Å². The average Bonchev–Trinajstić information content (AvgIpc) is 3.08. The van der Waals surface area contributed by atoms with Crippen LogP contribution in [0.2, 0.25) is 0 Å². The summed E-state index contributed by atoms with van der Waals surface area (Å²) in [6.07, 6.45) is 1.12. The van der Waals surface area contributed by atoms with Crippen LogP contribution in [-0.2, 0) is 4.79 Å². The number of rotatable bonds is 3. The van der Waals surface area contributed by atoms with Crippen LogP contribution in [-0.4, -0.2) is 42.0 Å². The van der Waals surface area contributed by atoms with Gasteiger partial charge in [0.1, 0.15) is 17.2 Å². The van der Waals surface area contributed by atoms with E-state index in [-0.39, 0.29) is 17.6 Å². The van der Waals surface area contributed by atoms with E-state index in [1.54, 1.807) is 30.0 Å². The Labute approximate surface area is 193 Å². The van der Waals surface area contributed by atoms with Crippen molar-refractivity contribution in [3.8, 4) is 17.2 Å². The monoisotopic (exact) mass is 452 g/mol. The lowest BCUT2D eigenvalue weighted by Gasteiger charge is -2.03. The van der Waals surface area contributed by atoms with Crippen LogP contribution in [0, 0.1) is 0 Å². The molecule has 3 aromatic carbocycles. The summed E-state index contributed by atoms with van der Waals surface area (Å²) in [5.74, 6) is 3.43. The molecule has 1 saturated heterocycles. The number of ether oxygens (including phenoxy) is 1. The molecule has 0 aliphatic carbocycles. The number of phenolic OH excluding ortho intramolecular Hbond substituents is 1. The molecule has 3 aromatic rings. The predicted octanol–water partition coefficient (Wildman–Crippen LogP) is 4.47. The third-order valence-electron chi connectivity index (χ3n) is 4.12. The molecule has 3 N–H and O–H groups in total. The first-order valence-electron chi connectivity index (χ1n) is 10.2. The summed E-state index contributed by atoms with van der Waals surface area (Å²) in [5, 5.41) is 14.4. The summed E-state index contributed by atoms with van der Waals surface area (Å²) in [4.78, 5) is 21.5. The summed E-state index contributed by atoms with van der Waals surface area (Å²) in [6, 6.07) is 25.9. The Kier molecular flexibility index (Phi) is 11.3. The van der Waals surface area contributed by atoms with E-state index in [9.17, 15) is 9.59 Å². The fourth-order valence-corrected chi connectivity index (χ4v) is 3.31. The van der Waals surface area contributed by atoms with Gasteiger partial charge in [-0.25, -0.2) is 0 Å². The zero-order valence-corrected chi connectivity index (χ0v) is 18.8. The van der Waals surface area contributed by atoms with E-state index in [4.69, 9.17) is 9.84 Å². The van der Waals surface area contributed by atoms with Crippen molar-refractivity contribution in [2.45, 2.75) is 6.42 Å². The highest BCUT2D eigenvalue weighted by Gasteiger charge is 2.06. The number of para-hydroxylation sites is 3. The summed E-state index contributed by atoms with van der Waals surface area (Å²) in [6.45, 7) is 0.867. The number of phenols is 1. The Balaban J connectivity index is 0.000000175. The van der Waals surface area contributed by atoms with Crippen molar-refractivity contribution < 1.29 is 19.4 Å². The molecule has 4 rings (SSSR count). The van der Waals surface area contributed by atoms with Crippen LogP contribution in [0.15, 0.2) is 84.9 Å². The topological polar surface area (TPSA) is 87.7 Å². The molecular formula is C25H28N2O4S. The second kappa shape index (κ2) is 14.5. The Bertz CT molecular complexity index is 905. The molecule has 6 nitrogen and oxygen atoms in total. The molecule has 1 heterocycles. The molecule has 1 aliphatic heterocycles. The van der Waals surface area contributed by atoms with Gasteiger partial charge < -0.3 is 20.5 Å². The SMILES string of the molecule is CNC(=O)c1ccccc1O.O=C1CSCCCN1.c1ccc(Oc2ccccc2)cc1. The maximum absolute atomic E-state index is 11.0. The lowest BCUT2D eigenvalue weighted by atomic mass is 10.2. The highest BCUT2D eigenvalue weighted by molar-refractivity contribution is 7.99. The van der Waals surface area contributed by atoms with Crippen molar-refractivity contribution in [1.29, 1.82) is 0 Å². The molecule has 0 bridgehead atoms. The van der Waals surface area contributed by atoms with Gasteiger partial charge >= 0.3 is 0 Å². The van der Waals surface area contributed by atoms with Gasteiger partial charge in [0.15, 0.2) is 0 Å². The maximum atomic E-state index is 11.0. The molecule has 0 unspecified atom stereocenters. The summed E-state index contributed by atoms with van der Waals surface area (Å²) < 4.78 is 5.58. The lowest BCUT2D eigenvalue weighted by molar-refractivity contribution is -0.118. The van der Waals surface area contributed by atoms with E-state index >= 15 is 0 Å². The van der Waals surface area contributed by atoms with Crippen LogP contribution in [0.3, 0.4) is 0 Å². The van der Waals surface area contributed by atoms with Crippen LogP contribution >= 0.6 is 11.8 Å². The largest absolute Gasteiger partial charge is 0.507 e. The van der Waals surface area contributed by atoms with Crippen molar-refractivity contribution >= 4 is 23.6 Å². The zero-order chi connectivity index (χ0) is 23.0. The highest BCUT2D eigenvalue weighted by atomic mass is 32.2. The fourth-order valence-electron chi connectivity index (χ4n) is 2.53. The second-order valence-corrected chi connectivity index (χ2v) is 7.69. The lowest BCUT2D eigenvalue weighted by Crippen LogP contribution is -2.23. The molecule has 32 heavy (non-hydrogen) atoms. The van der Waals surface area contributed by atoms with E-state index in [1.165, 1.54) is 13.1 Å². The minimum Gasteiger partial charge on any atom is -0.507 e. The van der Waals surface area contributed by atoms with Crippen LogP contribution in [0.1, 0.15) is 16.8 Å². The van der Waals surface area contributed by atoms with Gasteiger partial charge in [-0.15, -0.1) is 0 Å². The number of amides is 2. The molecule has 1 aliphatic rings. The third-order valence-corrected chi connectivity index (χ3v) is 5.16. The van der Waals surface area contributed by atoms with Crippen LogP contribution in [0.25, 0.3) is 0 Å². The van der Waals surface area contributed by atoms with Gasteiger partial charge in [-0.3, -0.25) is 9.59 Å². The first-order chi connectivity index (χ1) is 15.6. The molecule has 0 radical (unpaired) electrons. The first kappa shape index (κ1) is 24.8. The van der Waals surface area contributed by atoms with Crippen molar-refractivity contribution in [2.24, 2.45) is 0 Å². The van der Waals surface area contributed by atoms with Gasteiger partial charge in [-0.1, -0.05) is 48.5 Å². The van der Waals surface area contributed by atoms with Gasteiger partial charge in [0.2, 0.25) is 5.91 Å². The minimum absolute atomic E-state index is 0.00634. The van der Waals surface area contributed by atoms with Gasteiger partial charge in [0.25, 0.3) is 5.91 Å². The molecule has 0 aromatic heterocycles. The van der Waals surface area contributed by atoms with Crippen LogP contribution in [0.4, 0.5) is 0 Å². The fraction of sp³-hybridized carbons (Fsp3) is 0.200. The Morgan fingerprint density at radius 1 is 0.938 bits per heavy atom. The number of carbonyl (C=O) groups is 2. The summed E-state index contributed by atoms with van der Waals surface area (Å²) >= 11 is 1.71. The molecule has 0 saturated carbocycles. The Morgan fingerprint density at radius 2 is 1.50 bits per heavy atom. The molecule has 2 amide bonds. The molecular weight excluding hydrogens is 424 g/mol. The average molecular weight is 453 g/mol. The van der Waals surface area contributed by atoms with E-state index < -0.39 is 0 Å². The zero-order valence-electron chi connectivity index (χ0n) is 18.0. The van der Waals surface area contributed by atoms with Gasteiger partial charge in [-0.2, -0.15) is 11.8 Å². The van der Waals surface area contributed by atoms with Gasteiger partial charge in [0.05, 0.1) is 11.3 Å². The van der Waals surface area contributed by atoms with Crippen LogP contribution < -0.4 is 15.4 Å². The second-order valence-electron chi connectivity index (χ2n) is 6.58. The smallest absolute Gasteiger partial charge is 0.254 e. The number of aromatic hydroxyl groups is 1. The van der Waals surface area contributed by atoms with Gasteiger partial charge in [0, 0.05) is 13.6 Å². The minimum atomic E-state index is -0.275. The quantitative estimate of drug-likeness (QED) is 0.546. The normalized spacial score (nSPS) is 12.5. The number of benzene rings is 3. The van der Waals surface area contributed by atoms with E-state index in [0.29, 0.717) is 11.3 Å². The molecule has 0 atom stereocenters. The first-order valence-corrected chi connectivity index (χ1v) is 11.4. The number of nitrogens with one attached hydrogen (secondary N) is 2. The molecule has 0 spiro atoms. The highest BCUT2D eigenvalue weighted by Crippen LogP contribution is 2.19. The van der Waals surface area contributed by atoms with Crippen molar-refractivity contribution in [3.05, 3.63) is 90.5 Å². The van der Waals surface area contributed by atoms with E-state index in [2.05, 4.69) is 10.6 Å². The summed E-state index contributed by atoms with van der Waals surface area (Å²) in [5.41, 5.74) is 0.301. The molecule has 7 heteroatoms. The summed E-state index contributed by atoms with van der Waals surface area (Å²) in [7, 11) is 1.52. The number of hydrogen-bond donors (Lipinski definition) is 3. The number of hydrogen-bond acceptors (Lipinski definition) is 5. The number of thioether (sulfide) groups is 1. The predicted molar refractivity (Wildman–Crippen MR) is 129 cm³/mol. The van der Waals surface area contributed by atoms with Crippen molar-refractivity contribution in [2.75, 3.05) is 25.1 Å². The molecule has 1 fully saturated rings.